The lowest BCUT2D eigenvalue weighted by Gasteiger charge is -2.32. The molecule has 0 bridgehead atoms. The average molecular weight is 366 g/mol. The predicted octanol–water partition coefficient (Wildman–Crippen LogP) is 5.87. The second-order valence-electron chi connectivity index (χ2n) is 6.82. The van der Waals surface area contributed by atoms with Gasteiger partial charge in [-0.3, -0.25) is 0 Å². The van der Waals surface area contributed by atoms with Crippen molar-refractivity contribution in [3.63, 3.8) is 0 Å². The van der Waals surface area contributed by atoms with E-state index in [1.165, 1.54) is 17.3 Å². The van der Waals surface area contributed by atoms with Gasteiger partial charge < -0.3 is 4.74 Å². The van der Waals surface area contributed by atoms with Gasteiger partial charge in [0, 0.05) is 0 Å². The second-order valence-corrected chi connectivity index (χ2v) is 11.7. The van der Waals surface area contributed by atoms with E-state index >= 15 is 0 Å². The predicted molar refractivity (Wildman–Crippen MR) is 99.2 cm³/mol. The molecule has 0 radical (unpaired) electrons. The summed E-state index contributed by atoms with van der Waals surface area (Å²) in [6, 6.07) is 15.8. The molecule has 0 aliphatic rings. The molecule has 0 spiro atoms. The van der Waals surface area contributed by atoms with Gasteiger partial charge in [0.15, 0.2) is 0 Å². The van der Waals surface area contributed by atoms with Crippen LogP contribution in [-0.2, 0) is 6.18 Å². The van der Waals surface area contributed by atoms with Crippen LogP contribution in [0.4, 0.5) is 13.2 Å². The highest BCUT2D eigenvalue weighted by molar-refractivity contribution is 6.91. The van der Waals surface area contributed by atoms with Crippen molar-refractivity contribution in [1.82, 2.24) is 0 Å². The molecule has 2 rings (SSSR count). The summed E-state index contributed by atoms with van der Waals surface area (Å²) in [7, 11) is -1.70. The molecule has 2 aromatic rings. The fraction of sp³-hybridized carbons (Fsp3) is 0.400. The third-order valence-electron chi connectivity index (χ3n) is 4.95. The van der Waals surface area contributed by atoms with Crippen molar-refractivity contribution in [3.05, 3.63) is 60.2 Å². The maximum Gasteiger partial charge on any atom is 0.419 e. The summed E-state index contributed by atoms with van der Waals surface area (Å²) in [5.41, 5.74) is -0.254. The summed E-state index contributed by atoms with van der Waals surface area (Å²) in [5, 5.41) is 1.37. The summed E-state index contributed by atoms with van der Waals surface area (Å²) in [6.45, 7) is 7.08. The van der Waals surface area contributed by atoms with Crippen LogP contribution in [-0.4, -0.2) is 14.7 Å². The van der Waals surface area contributed by atoms with Crippen LogP contribution in [0.25, 0.3) is 0 Å². The van der Waals surface area contributed by atoms with Gasteiger partial charge in [0.2, 0.25) is 0 Å². The molecule has 0 saturated carbocycles. The van der Waals surface area contributed by atoms with Crippen LogP contribution in [0.15, 0.2) is 54.6 Å². The molecule has 0 aliphatic heterocycles. The molecule has 1 unspecified atom stereocenters. The van der Waals surface area contributed by atoms with Crippen LogP contribution in [0.1, 0.15) is 25.3 Å². The molecule has 2 aromatic carbocycles. The van der Waals surface area contributed by atoms with E-state index in [4.69, 9.17) is 4.74 Å². The van der Waals surface area contributed by atoms with Crippen LogP contribution in [0.5, 0.6) is 5.75 Å². The molecule has 0 fully saturated rings. The van der Waals surface area contributed by atoms with Crippen LogP contribution in [0.2, 0.25) is 18.6 Å². The van der Waals surface area contributed by atoms with Crippen LogP contribution in [0, 0.1) is 0 Å². The minimum atomic E-state index is -4.39. The zero-order valence-electron chi connectivity index (χ0n) is 14.9. The van der Waals surface area contributed by atoms with Gasteiger partial charge in [-0.25, -0.2) is 0 Å². The molecule has 0 aliphatic carbocycles. The van der Waals surface area contributed by atoms with Crippen molar-refractivity contribution in [2.24, 2.45) is 0 Å². The van der Waals surface area contributed by atoms with E-state index in [2.05, 4.69) is 32.2 Å². The molecule has 5 heteroatoms. The largest absolute Gasteiger partial charge is 0.493 e. The van der Waals surface area contributed by atoms with E-state index in [0.717, 1.165) is 18.9 Å². The zero-order valence-corrected chi connectivity index (χ0v) is 15.9. The van der Waals surface area contributed by atoms with Crippen molar-refractivity contribution in [2.45, 2.75) is 44.6 Å². The topological polar surface area (TPSA) is 9.23 Å². The third-order valence-corrected chi connectivity index (χ3v) is 9.51. The SMILES string of the molecule is CCC(CCOc1ccccc1C(F)(F)F)[Si](C)(C)c1ccccc1. The van der Waals surface area contributed by atoms with E-state index in [1.807, 2.05) is 18.2 Å². The minimum absolute atomic E-state index is 0.0796. The monoisotopic (exact) mass is 366 g/mol. The quantitative estimate of drug-likeness (QED) is 0.557. The first-order valence-electron chi connectivity index (χ1n) is 8.61. The maximum atomic E-state index is 13.0. The molecule has 0 saturated heterocycles. The summed E-state index contributed by atoms with van der Waals surface area (Å²) < 4.78 is 44.6. The van der Waals surface area contributed by atoms with Gasteiger partial charge in [0.05, 0.1) is 20.2 Å². The molecule has 0 heterocycles. The molecule has 0 amide bonds. The molecule has 25 heavy (non-hydrogen) atoms. The summed E-state index contributed by atoms with van der Waals surface area (Å²) in [4.78, 5) is 0. The first-order chi connectivity index (χ1) is 11.8. The van der Waals surface area contributed by atoms with Crippen molar-refractivity contribution >= 4 is 13.3 Å². The zero-order chi connectivity index (χ0) is 18.5. The average Bonchev–Trinajstić information content (AvgIpc) is 2.59. The molecule has 136 valence electrons. The molecule has 1 nitrogen and oxygen atoms in total. The van der Waals surface area contributed by atoms with Gasteiger partial charge in [-0.2, -0.15) is 13.2 Å². The molecule has 0 aromatic heterocycles. The first kappa shape index (κ1) is 19.6. The Morgan fingerprint density at radius 1 is 0.960 bits per heavy atom. The maximum absolute atomic E-state index is 13.0. The Morgan fingerprint density at radius 3 is 2.16 bits per heavy atom. The highest BCUT2D eigenvalue weighted by Gasteiger charge is 2.35. The van der Waals surface area contributed by atoms with Gasteiger partial charge >= 0.3 is 6.18 Å². The lowest BCUT2D eigenvalue weighted by molar-refractivity contribution is -0.138. The number of hydrogen-bond acceptors (Lipinski definition) is 1. The lowest BCUT2D eigenvalue weighted by Crippen LogP contribution is -2.46. The Kier molecular flexibility index (Phi) is 6.33. The van der Waals surface area contributed by atoms with Gasteiger partial charge in [0.25, 0.3) is 0 Å². The molecular weight excluding hydrogens is 341 g/mol. The van der Waals surface area contributed by atoms with Gasteiger partial charge in [0.1, 0.15) is 5.75 Å². The fourth-order valence-corrected chi connectivity index (χ4v) is 6.70. The Hall–Kier alpha value is -1.75. The minimum Gasteiger partial charge on any atom is -0.493 e. The van der Waals surface area contributed by atoms with Crippen molar-refractivity contribution < 1.29 is 17.9 Å². The first-order valence-corrected chi connectivity index (χ1v) is 11.7. The second kappa shape index (κ2) is 8.08. The fourth-order valence-electron chi connectivity index (χ4n) is 3.32. The number of benzene rings is 2. The Morgan fingerprint density at radius 2 is 1.56 bits per heavy atom. The van der Waals surface area contributed by atoms with Gasteiger partial charge in [-0.05, 0) is 24.1 Å². The van der Waals surface area contributed by atoms with Crippen molar-refractivity contribution in [1.29, 1.82) is 0 Å². The molecular formula is C20H25F3OSi. The van der Waals surface area contributed by atoms with Crippen LogP contribution < -0.4 is 9.92 Å². The summed E-state index contributed by atoms with van der Waals surface area (Å²) >= 11 is 0. The number of alkyl halides is 3. The smallest absolute Gasteiger partial charge is 0.419 e. The summed E-state index contributed by atoms with van der Waals surface area (Å²) in [6.07, 6.45) is -2.63. The number of ether oxygens (including phenoxy) is 1. The standard InChI is InChI=1S/C20H25F3OSi/c1-4-16(25(2,3)17-10-6-5-7-11-17)14-15-24-19-13-9-8-12-18(19)20(21,22)23/h5-13,16H,4,14-15H2,1-3H3. The van der Waals surface area contributed by atoms with E-state index in [0.29, 0.717) is 12.1 Å². The van der Waals surface area contributed by atoms with Crippen molar-refractivity contribution in [3.8, 4) is 5.75 Å². The molecule has 1 atom stereocenters. The van der Waals surface area contributed by atoms with E-state index in [1.54, 1.807) is 6.07 Å². The van der Waals surface area contributed by atoms with Crippen LogP contribution >= 0.6 is 0 Å². The van der Waals surface area contributed by atoms with Crippen LogP contribution in [0.3, 0.4) is 0 Å². The van der Waals surface area contributed by atoms with Gasteiger partial charge in [-0.15, -0.1) is 0 Å². The highest BCUT2D eigenvalue weighted by atomic mass is 28.3. The van der Waals surface area contributed by atoms with E-state index in [9.17, 15) is 13.2 Å². The normalized spacial score (nSPS) is 13.5. The number of para-hydroxylation sites is 1. The Balaban J connectivity index is 2.05. The third kappa shape index (κ3) is 4.88. The van der Waals surface area contributed by atoms with Crippen molar-refractivity contribution in [2.75, 3.05) is 6.61 Å². The Labute approximate surface area is 148 Å². The summed E-state index contributed by atoms with van der Waals surface area (Å²) in [5.74, 6) is -0.0796. The number of halogens is 3. The Bertz CT molecular complexity index is 668. The highest BCUT2D eigenvalue weighted by Crippen LogP contribution is 2.36. The van der Waals surface area contributed by atoms with E-state index < -0.39 is 19.8 Å². The van der Waals surface area contributed by atoms with E-state index in [-0.39, 0.29) is 5.75 Å². The lowest BCUT2D eigenvalue weighted by atomic mass is 10.2. The van der Waals surface area contributed by atoms with Gasteiger partial charge in [-0.1, -0.05) is 74.1 Å². The number of hydrogen-bond donors (Lipinski definition) is 0. The number of rotatable bonds is 7. The molecule has 0 N–H and O–H groups in total.